The number of carbonyl (C=O) groups excluding carboxylic acids is 1. The Morgan fingerprint density at radius 3 is 2.79 bits per heavy atom. The Balaban J connectivity index is 1.70. The summed E-state index contributed by atoms with van der Waals surface area (Å²) in [6, 6.07) is 0. The molecule has 0 fully saturated rings. The van der Waals surface area contributed by atoms with Crippen LogP contribution in [0.25, 0.3) is 0 Å². The molecule has 0 aromatic rings. The van der Waals surface area contributed by atoms with Gasteiger partial charge in [0.25, 0.3) is 0 Å². The molecule has 19 heavy (non-hydrogen) atoms. The van der Waals surface area contributed by atoms with Crippen LogP contribution in [0.15, 0.2) is 23.3 Å². The van der Waals surface area contributed by atoms with Crippen LogP contribution in [0.5, 0.6) is 0 Å². The molecular weight excluding hydrogens is 255 g/mol. The average Bonchev–Trinajstić information content (AvgIpc) is 2.76. The first kappa shape index (κ1) is 14.2. The Morgan fingerprint density at radius 2 is 2.05 bits per heavy atom. The Morgan fingerprint density at radius 1 is 1.32 bits per heavy atom. The summed E-state index contributed by atoms with van der Waals surface area (Å²) in [7, 11) is 0. The van der Waals surface area contributed by atoms with Crippen molar-refractivity contribution in [1.82, 2.24) is 5.32 Å². The van der Waals surface area contributed by atoms with Gasteiger partial charge in [-0.05, 0) is 44.4 Å². The van der Waals surface area contributed by atoms with Crippen LogP contribution < -0.4 is 5.32 Å². The first-order valence-electron chi connectivity index (χ1n) is 6.69. The van der Waals surface area contributed by atoms with Gasteiger partial charge in [0.05, 0.1) is 0 Å². The van der Waals surface area contributed by atoms with Crippen molar-refractivity contribution in [1.29, 1.82) is 0 Å². The molecule has 0 aromatic carbocycles. The number of allylic oxidation sites excluding steroid dienone is 4. The molecule has 2 rings (SSSR count). The lowest BCUT2D eigenvalue weighted by Crippen LogP contribution is -2.37. The molecule has 106 valence electrons. The zero-order valence-corrected chi connectivity index (χ0v) is 10.7. The molecule has 2 aliphatic carbocycles. The molecule has 0 saturated heterocycles. The summed E-state index contributed by atoms with van der Waals surface area (Å²) in [5.41, 5.74) is 3.01. The minimum Gasteiger partial charge on any atom is -0.348 e. The average molecular weight is 273 g/mol. The number of rotatable bonds is 4. The summed E-state index contributed by atoms with van der Waals surface area (Å²) in [5, 5.41) is 1.92. The summed E-state index contributed by atoms with van der Waals surface area (Å²) in [6.45, 7) is 0.104. The van der Waals surface area contributed by atoms with Crippen LogP contribution in [-0.4, -0.2) is 18.6 Å². The fraction of sp³-hybridized carbons (Fsp3) is 0.643. The van der Waals surface area contributed by atoms with Crippen LogP contribution in [0, 0.1) is 5.92 Å². The van der Waals surface area contributed by atoms with Crippen LogP contribution in [0.3, 0.4) is 0 Å². The third kappa shape index (κ3) is 3.61. The molecule has 2 aliphatic rings. The van der Waals surface area contributed by atoms with E-state index in [1.54, 1.807) is 0 Å². The highest BCUT2D eigenvalue weighted by Gasteiger charge is 2.38. The van der Waals surface area contributed by atoms with Crippen molar-refractivity contribution in [2.24, 2.45) is 5.92 Å². The van der Waals surface area contributed by atoms with E-state index < -0.39 is 12.1 Å². The molecule has 0 saturated carbocycles. The van der Waals surface area contributed by atoms with Gasteiger partial charge in [0, 0.05) is 6.54 Å². The van der Waals surface area contributed by atoms with Crippen LogP contribution >= 0.6 is 0 Å². The van der Waals surface area contributed by atoms with Gasteiger partial charge in [-0.3, -0.25) is 4.79 Å². The van der Waals surface area contributed by atoms with Crippen molar-refractivity contribution >= 4 is 5.91 Å². The van der Waals surface area contributed by atoms with Gasteiger partial charge in [-0.15, -0.1) is 0 Å². The molecule has 0 heterocycles. The normalized spacial score (nSPS) is 22.6. The lowest BCUT2D eigenvalue weighted by molar-refractivity contribution is -0.173. The van der Waals surface area contributed by atoms with Gasteiger partial charge in [-0.25, -0.2) is 0 Å². The van der Waals surface area contributed by atoms with Gasteiger partial charge in [-0.1, -0.05) is 23.3 Å². The molecular formula is C14H18F3NO. The second-order valence-corrected chi connectivity index (χ2v) is 5.14. The highest BCUT2D eigenvalue weighted by atomic mass is 19.4. The number of alkyl halides is 3. The largest absolute Gasteiger partial charge is 0.471 e. The van der Waals surface area contributed by atoms with Gasteiger partial charge in [0.15, 0.2) is 0 Å². The van der Waals surface area contributed by atoms with Crippen LogP contribution in [-0.2, 0) is 4.79 Å². The van der Waals surface area contributed by atoms with Gasteiger partial charge in [0.2, 0.25) is 0 Å². The topological polar surface area (TPSA) is 29.1 Å². The maximum absolute atomic E-state index is 12.0. The number of hydrogen-bond acceptors (Lipinski definition) is 1. The summed E-state index contributed by atoms with van der Waals surface area (Å²) in [5.74, 6) is -1.33. The highest BCUT2D eigenvalue weighted by molar-refractivity contribution is 5.81. The predicted molar refractivity (Wildman–Crippen MR) is 66.4 cm³/mol. The van der Waals surface area contributed by atoms with Gasteiger partial charge >= 0.3 is 12.1 Å². The lowest BCUT2D eigenvalue weighted by Gasteiger charge is -2.16. The highest BCUT2D eigenvalue weighted by Crippen LogP contribution is 2.40. The van der Waals surface area contributed by atoms with Crippen LogP contribution in [0.4, 0.5) is 13.2 Å². The maximum atomic E-state index is 12.0. The monoisotopic (exact) mass is 273 g/mol. The predicted octanol–water partition coefficient (Wildman–Crippen LogP) is 3.50. The van der Waals surface area contributed by atoms with E-state index in [0.29, 0.717) is 12.3 Å². The molecule has 0 radical (unpaired) electrons. The number of amides is 1. The van der Waals surface area contributed by atoms with Crippen molar-refractivity contribution in [3.8, 4) is 0 Å². The smallest absolute Gasteiger partial charge is 0.348 e. The van der Waals surface area contributed by atoms with Crippen molar-refractivity contribution in [3.05, 3.63) is 23.3 Å². The molecule has 1 unspecified atom stereocenters. The Kier molecular flexibility index (Phi) is 4.32. The van der Waals surface area contributed by atoms with Crippen molar-refractivity contribution < 1.29 is 18.0 Å². The number of carbonyl (C=O) groups is 1. The lowest BCUT2D eigenvalue weighted by atomic mass is 9.90. The van der Waals surface area contributed by atoms with Crippen LogP contribution in [0.2, 0.25) is 0 Å². The maximum Gasteiger partial charge on any atom is 0.471 e. The van der Waals surface area contributed by atoms with E-state index in [-0.39, 0.29) is 6.54 Å². The van der Waals surface area contributed by atoms with Gasteiger partial charge < -0.3 is 5.32 Å². The molecule has 0 aliphatic heterocycles. The van der Waals surface area contributed by atoms with E-state index in [4.69, 9.17) is 0 Å². The Bertz CT molecular complexity index is 409. The summed E-state index contributed by atoms with van der Waals surface area (Å²) >= 11 is 0. The molecule has 2 nitrogen and oxygen atoms in total. The number of hydrogen-bond donors (Lipinski definition) is 1. The fourth-order valence-corrected chi connectivity index (χ4v) is 2.92. The van der Waals surface area contributed by atoms with E-state index in [9.17, 15) is 18.0 Å². The molecule has 5 heteroatoms. The van der Waals surface area contributed by atoms with Crippen molar-refractivity contribution in [2.75, 3.05) is 6.54 Å². The first-order chi connectivity index (χ1) is 8.98. The molecule has 1 amide bonds. The minimum atomic E-state index is -4.77. The van der Waals surface area contributed by atoms with E-state index in [2.05, 4.69) is 12.2 Å². The Labute approximate surface area is 110 Å². The quantitative estimate of drug-likeness (QED) is 0.616. The molecule has 1 atom stereocenters. The van der Waals surface area contributed by atoms with Gasteiger partial charge in [-0.2, -0.15) is 13.2 Å². The summed E-state index contributed by atoms with van der Waals surface area (Å²) in [4.78, 5) is 10.6. The zero-order chi connectivity index (χ0) is 13.9. The van der Waals surface area contributed by atoms with E-state index in [0.717, 1.165) is 32.1 Å². The first-order valence-corrected chi connectivity index (χ1v) is 6.69. The van der Waals surface area contributed by atoms with Crippen LogP contribution in [0.1, 0.15) is 38.5 Å². The standard InChI is InChI=1S/C14H18F3NO/c15-14(16,17)13(19)18-9-3-5-11-8-7-10-4-1-2-6-12(10)11/h1-2,11H,3-9H2,(H,18,19). The van der Waals surface area contributed by atoms with Crippen molar-refractivity contribution in [3.63, 3.8) is 0 Å². The second-order valence-electron chi connectivity index (χ2n) is 5.14. The van der Waals surface area contributed by atoms with E-state index in [1.807, 2.05) is 5.32 Å². The fourth-order valence-electron chi connectivity index (χ4n) is 2.92. The van der Waals surface area contributed by atoms with E-state index >= 15 is 0 Å². The zero-order valence-electron chi connectivity index (χ0n) is 10.7. The third-order valence-corrected chi connectivity index (χ3v) is 3.88. The molecule has 0 aromatic heterocycles. The number of nitrogens with one attached hydrogen (secondary N) is 1. The Hall–Kier alpha value is -1.26. The van der Waals surface area contributed by atoms with E-state index in [1.165, 1.54) is 11.1 Å². The van der Waals surface area contributed by atoms with Gasteiger partial charge in [0.1, 0.15) is 0 Å². The summed E-state index contributed by atoms with van der Waals surface area (Å²) < 4.78 is 35.9. The third-order valence-electron chi connectivity index (χ3n) is 3.88. The molecule has 0 spiro atoms. The minimum absolute atomic E-state index is 0.104. The SMILES string of the molecule is O=C(NCCCC1CCC2=C1CC=CC2)C(F)(F)F. The van der Waals surface area contributed by atoms with Crippen molar-refractivity contribution in [2.45, 2.75) is 44.7 Å². The summed E-state index contributed by atoms with van der Waals surface area (Å²) in [6.07, 6.45) is 5.33. The molecule has 0 bridgehead atoms. The molecule has 1 N–H and O–H groups in total. The second kappa shape index (κ2) is 5.80. The number of halogens is 3.